The summed E-state index contributed by atoms with van der Waals surface area (Å²) in [6.07, 6.45) is 1.29. The van der Waals surface area contributed by atoms with E-state index in [4.69, 9.17) is 5.11 Å². The van der Waals surface area contributed by atoms with Gasteiger partial charge in [-0.3, -0.25) is 10.1 Å². The lowest BCUT2D eigenvalue weighted by Crippen LogP contribution is -2.46. The van der Waals surface area contributed by atoms with Crippen molar-refractivity contribution in [3.8, 4) is 0 Å². The Morgan fingerprint density at radius 2 is 2.00 bits per heavy atom. The van der Waals surface area contributed by atoms with E-state index in [1.54, 1.807) is 0 Å². The van der Waals surface area contributed by atoms with Gasteiger partial charge in [-0.25, -0.2) is 18.0 Å². The molecule has 0 fully saturated rings. The van der Waals surface area contributed by atoms with Gasteiger partial charge in [-0.2, -0.15) is 0 Å². The van der Waals surface area contributed by atoms with E-state index < -0.39 is 47.0 Å². The second-order valence-electron chi connectivity index (χ2n) is 3.67. The van der Waals surface area contributed by atoms with Crippen LogP contribution in [-0.2, 0) is 24.2 Å². The molecule has 0 aromatic rings. The number of ether oxygens (including phenoxy) is 1. The van der Waals surface area contributed by atoms with Gasteiger partial charge in [0.1, 0.15) is 13.2 Å². The van der Waals surface area contributed by atoms with E-state index in [9.17, 15) is 22.8 Å². The van der Waals surface area contributed by atoms with Crippen LogP contribution in [0, 0.1) is 0 Å². The fourth-order valence-corrected chi connectivity index (χ4v) is 2.50. The molecular weight excluding hydrogens is 280 g/mol. The van der Waals surface area contributed by atoms with Crippen LogP contribution in [0.1, 0.15) is 0 Å². The van der Waals surface area contributed by atoms with E-state index >= 15 is 0 Å². The highest BCUT2D eigenvalue weighted by molar-refractivity contribution is 7.94. The number of carboxylic acids is 1. The molecule has 0 aromatic carbocycles. The van der Waals surface area contributed by atoms with Crippen LogP contribution in [0.4, 0.5) is 4.79 Å². The summed E-state index contributed by atoms with van der Waals surface area (Å²) in [5, 5.41) is 13.4. The molecule has 0 saturated carbocycles. The summed E-state index contributed by atoms with van der Waals surface area (Å²) in [6, 6.07) is -1.58. The van der Waals surface area contributed by atoms with Crippen LogP contribution < -0.4 is 10.6 Å². The minimum Gasteiger partial charge on any atom is -0.480 e. The van der Waals surface area contributed by atoms with Crippen LogP contribution in [0.25, 0.3) is 0 Å². The number of amides is 3. The number of hydrogen-bond donors (Lipinski definition) is 3. The van der Waals surface area contributed by atoms with Gasteiger partial charge in [-0.1, -0.05) is 0 Å². The topological polar surface area (TPSA) is 139 Å². The summed E-state index contributed by atoms with van der Waals surface area (Å²) in [6.45, 7) is -1.24. The van der Waals surface area contributed by atoms with E-state index in [-0.39, 0.29) is 5.75 Å². The van der Waals surface area contributed by atoms with Gasteiger partial charge in [-0.15, -0.1) is 0 Å². The van der Waals surface area contributed by atoms with Crippen molar-refractivity contribution in [2.24, 2.45) is 0 Å². The van der Waals surface area contributed by atoms with Gasteiger partial charge in [-0.05, 0) is 6.08 Å². The fraction of sp³-hybridized carbons (Fsp3) is 0.444. The third kappa shape index (κ3) is 5.97. The zero-order chi connectivity index (χ0) is 14.5. The average molecular weight is 292 g/mol. The molecule has 1 rings (SSSR count). The molecule has 10 heteroatoms. The first-order chi connectivity index (χ1) is 8.78. The Hall–Kier alpha value is -1.94. The maximum Gasteiger partial charge on any atom is 0.329 e. The van der Waals surface area contributed by atoms with E-state index in [0.29, 0.717) is 0 Å². The number of rotatable bonds is 5. The predicted octanol–water partition coefficient (Wildman–Crippen LogP) is -1.78. The molecule has 9 nitrogen and oxygen atoms in total. The Labute approximate surface area is 108 Å². The number of carboxylic acid groups (broad SMARTS) is 1. The third-order valence-electron chi connectivity index (χ3n) is 1.96. The highest BCUT2D eigenvalue weighted by atomic mass is 32.2. The Bertz CT molecular complexity index is 511. The normalized spacial score (nSPS) is 19.9. The van der Waals surface area contributed by atoms with Crippen molar-refractivity contribution in [3.05, 3.63) is 11.5 Å². The molecule has 0 saturated heterocycles. The van der Waals surface area contributed by atoms with Crippen molar-refractivity contribution >= 4 is 27.7 Å². The summed E-state index contributed by atoms with van der Waals surface area (Å²) >= 11 is 0. The first kappa shape index (κ1) is 15.1. The average Bonchev–Trinajstić information content (AvgIpc) is 2.56. The SMILES string of the molecule is O=C(O)COCC(=O)NC(=O)NC1C=CS(=O)(=O)C1. The molecule has 106 valence electrons. The molecule has 3 N–H and O–H groups in total. The summed E-state index contributed by atoms with van der Waals surface area (Å²) in [5.41, 5.74) is 0. The number of nitrogens with one attached hydrogen (secondary N) is 2. The molecule has 1 heterocycles. The molecule has 0 aromatic heterocycles. The lowest BCUT2D eigenvalue weighted by atomic mass is 10.3. The largest absolute Gasteiger partial charge is 0.480 e. The monoisotopic (exact) mass is 292 g/mol. The number of imide groups is 1. The molecule has 1 unspecified atom stereocenters. The molecule has 0 bridgehead atoms. The summed E-state index contributed by atoms with van der Waals surface area (Å²) < 4.78 is 26.6. The minimum absolute atomic E-state index is 0.260. The maximum absolute atomic E-state index is 11.3. The molecule has 1 aliphatic heterocycles. The van der Waals surface area contributed by atoms with Crippen LogP contribution in [-0.4, -0.2) is 56.4 Å². The zero-order valence-electron chi connectivity index (χ0n) is 9.66. The summed E-state index contributed by atoms with van der Waals surface area (Å²) in [4.78, 5) is 32.5. The van der Waals surface area contributed by atoms with E-state index in [1.807, 2.05) is 5.32 Å². The molecule has 3 amide bonds. The highest BCUT2D eigenvalue weighted by Crippen LogP contribution is 2.07. The third-order valence-corrected chi connectivity index (χ3v) is 3.35. The first-order valence-corrected chi connectivity index (χ1v) is 6.81. The Balaban J connectivity index is 2.26. The second kappa shape index (κ2) is 6.29. The van der Waals surface area contributed by atoms with Crippen LogP contribution >= 0.6 is 0 Å². The van der Waals surface area contributed by atoms with Gasteiger partial charge in [0.25, 0.3) is 5.91 Å². The molecule has 19 heavy (non-hydrogen) atoms. The lowest BCUT2D eigenvalue weighted by molar-refractivity contribution is -0.143. The van der Waals surface area contributed by atoms with Gasteiger partial charge in [0.15, 0.2) is 9.84 Å². The molecule has 0 radical (unpaired) electrons. The first-order valence-electron chi connectivity index (χ1n) is 5.09. The predicted molar refractivity (Wildman–Crippen MR) is 61.8 cm³/mol. The van der Waals surface area contributed by atoms with Gasteiger partial charge < -0.3 is 15.2 Å². The van der Waals surface area contributed by atoms with Crippen LogP contribution in [0.2, 0.25) is 0 Å². The van der Waals surface area contributed by atoms with Crippen LogP contribution in [0.5, 0.6) is 0 Å². The van der Waals surface area contributed by atoms with Crippen molar-refractivity contribution in [1.82, 2.24) is 10.6 Å². The van der Waals surface area contributed by atoms with Crippen LogP contribution in [0.3, 0.4) is 0 Å². The van der Waals surface area contributed by atoms with Crippen LogP contribution in [0.15, 0.2) is 11.5 Å². The van der Waals surface area contributed by atoms with Crippen molar-refractivity contribution in [3.63, 3.8) is 0 Å². The summed E-state index contributed by atoms with van der Waals surface area (Å²) in [7, 11) is -3.29. The molecule has 0 aliphatic carbocycles. The number of carbonyl (C=O) groups excluding carboxylic acids is 2. The molecular formula is C9H12N2O7S. The highest BCUT2D eigenvalue weighted by Gasteiger charge is 2.23. The minimum atomic E-state index is -3.29. The smallest absolute Gasteiger partial charge is 0.329 e. The standard InChI is InChI=1S/C9H12N2O7S/c12-7(3-18-4-8(13)14)11-9(15)10-6-1-2-19(16,17)5-6/h1-2,6H,3-5H2,(H,13,14)(H2,10,11,12,15). The Kier molecular flexibility index (Phi) is 5.01. The Morgan fingerprint density at radius 1 is 1.32 bits per heavy atom. The lowest BCUT2D eigenvalue weighted by Gasteiger charge is -2.10. The van der Waals surface area contributed by atoms with E-state index in [0.717, 1.165) is 5.41 Å². The van der Waals surface area contributed by atoms with Crippen molar-refractivity contribution in [2.75, 3.05) is 19.0 Å². The number of aliphatic carboxylic acids is 1. The van der Waals surface area contributed by atoms with Crippen molar-refractivity contribution < 1.29 is 32.6 Å². The second-order valence-corrected chi connectivity index (χ2v) is 5.60. The van der Waals surface area contributed by atoms with E-state index in [1.165, 1.54) is 6.08 Å². The fourth-order valence-electron chi connectivity index (χ4n) is 1.26. The number of urea groups is 1. The summed E-state index contributed by atoms with van der Waals surface area (Å²) in [5.74, 6) is -2.33. The zero-order valence-corrected chi connectivity index (χ0v) is 10.5. The van der Waals surface area contributed by atoms with Gasteiger partial charge in [0.05, 0.1) is 11.8 Å². The quantitative estimate of drug-likeness (QED) is 0.544. The van der Waals surface area contributed by atoms with Crippen molar-refractivity contribution in [1.29, 1.82) is 0 Å². The molecule has 0 spiro atoms. The van der Waals surface area contributed by atoms with Gasteiger partial charge >= 0.3 is 12.0 Å². The number of sulfone groups is 1. The molecule has 1 atom stereocenters. The van der Waals surface area contributed by atoms with Crippen molar-refractivity contribution in [2.45, 2.75) is 6.04 Å². The maximum atomic E-state index is 11.3. The van der Waals surface area contributed by atoms with Gasteiger partial charge in [0.2, 0.25) is 0 Å². The molecule has 1 aliphatic rings. The van der Waals surface area contributed by atoms with Gasteiger partial charge in [0, 0.05) is 5.41 Å². The Morgan fingerprint density at radius 3 is 2.53 bits per heavy atom. The van der Waals surface area contributed by atoms with E-state index in [2.05, 4.69) is 10.1 Å². The number of hydrogen-bond acceptors (Lipinski definition) is 6. The number of carbonyl (C=O) groups is 3.